The Morgan fingerprint density at radius 2 is 2.12 bits per heavy atom. The quantitative estimate of drug-likeness (QED) is 0.608. The van der Waals surface area contributed by atoms with Gasteiger partial charge in [0.1, 0.15) is 5.69 Å². The SMILES string of the molecule is O=C(O)c1cnc(-c2nc3ccncc3[nH]2)[nH]1. The Morgan fingerprint density at radius 1 is 1.24 bits per heavy atom. The number of rotatable bonds is 2. The van der Waals surface area contributed by atoms with Gasteiger partial charge in [0.05, 0.1) is 23.4 Å². The summed E-state index contributed by atoms with van der Waals surface area (Å²) in [5, 5.41) is 8.77. The predicted octanol–water partition coefficient (Wildman–Crippen LogP) is 1.05. The van der Waals surface area contributed by atoms with Crippen molar-refractivity contribution in [3.05, 3.63) is 30.4 Å². The summed E-state index contributed by atoms with van der Waals surface area (Å²) in [4.78, 5) is 28.6. The number of imidazole rings is 2. The standard InChI is InChI=1S/C10H7N5O2/c16-10(17)7-4-12-8(15-7)9-13-5-1-2-11-3-6(5)14-9/h1-4H,(H,12,15)(H,13,14)(H,16,17). The van der Waals surface area contributed by atoms with Crippen molar-refractivity contribution in [2.24, 2.45) is 0 Å². The molecule has 0 aromatic carbocycles. The van der Waals surface area contributed by atoms with Crippen LogP contribution in [0.4, 0.5) is 0 Å². The first-order valence-electron chi connectivity index (χ1n) is 4.82. The van der Waals surface area contributed by atoms with E-state index in [1.54, 1.807) is 18.5 Å². The summed E-state index contributed by atoms with van der Waals surface area (Å²) < 4.78 is 0. The van der Waals surface area contributed by atoms with Gasteiger partial charge in [-0.15, -0.1) is 0 Å². The minimum atomic E-state index is -1.05. The molecule has 0 saturated carbocycles. The van der Waals surface area contributed by atoms with E-state index in [-0.39, 0.29) is 5.69 Å². The fourth-order valence-corrected chi connectivity index (χ4v) is 1.52. The van der Waals surface area contributed by atoms with Crippen molar-refractivity contribution < 1.29 is 9.90 Å². The summed E-state index contributed by atoms with van der Waals surface area (Å²) >= 11 is 0. The van der Waals surface area contributed by atoms with Crippen LogP contribution in [0.15, 0.2) is 24.7 Å². The molecule has 3 aromatic heterocycles. The van der Waals surface area contributed by atoms with Crippen LogP contribution < -0.4 is 0 Å². The lowest BCUT2D eigenvalue weighted by atomic mass is 10.4. The molecule has 3 aromatic rings. The highest BCUT2D eigenvalue weighted by atomic mass is 16.4. The van der Waals surface area contributed by atoms with Crippen LogP contribution in [0.5, 0.6) is 0 Å². The summed E-state index contributed by atoms with van der Waals surface area (Å²) in [6.07, 6.45) is 4.54. The van der Waals surface area contributed by atoms with Crippen LogP contribution in [0, 0.1) is 0 Å². The monoisotopic (exact) mass is 229 g/mol. The second kappa shape index (κ2) is 3.41. The maximum absolute atomic E-state index is 10.7. The van der Waals surface area contributed by atoms with Gasteiger partial charge in [0.15, 0.2) is 11.6 Å². The molecular weight excluding hydrogens is 222 g/mol. The summed E-state index contributed by atoms with van der Waals surface area (Å²) in [5.41, 5.74) is 1.55. The Labute approximate surface area is 94.6 Å². The Bertz CT molecular complexity index is 666. The molecule has 7 heteroatoms. The van der Waals surface area contributed by atoms with Gasteiger partial charge in [0.25, 0.3) is 0 Å². The molecule has 84 valence electrons. The van der Waals surface area contributed by atoms with Crippen molar-refractivity contribution >= 4 is 17.0 Å². The van der Waals surface area contributed by atoms with Crippen LogP contribution in [0.25, 0.3) is 22.7 Å². The zero-order chi connectivity index (χ0) is 11.8. The normalized spacial score (nSPS) is 10.8. The highest BCUT2D eigenvalue weighted by Crippen LogP contribution is 2.16. The zero-order valence-electron chi connectivity index (χ0n) is 8.51. The Balaban J connectivity index is 2.10. The molecule has 0 aliphatic heterocycles. The lowest BCUT2D eigenvalue weighted by molar-refractivity contribution is 0.0691. The second-order valence-corrected chi connectivity index (χ2v) is 3.43. The maximum Gasteiger partial charge on any atom is 0.353 e. The smallest absolute Gasteiger partial charge is 0.353 e. The molecule has 0 unspecified atom stereocenters. The number of nitrogens with zero attached hydrogens (tertiary/aromatic N) is 3. The first-order valence-corrected chi connectivity index (χ1v) is 4.82. The molecule has 0 aliphatic carbocycles. The van der Waals surface area contributed by atoms with E-state index in [1.165, 1.54) is 6.20 Å². The lowest BCUT2D eigenvalue weighted by Crippen LogP contribution is -1.95. The third-order valence-corrected chi connectivity index (χ3v) is 2.31. The van der Waals surface area contributed by atoms with Crippen molar-refractivity contribution in [2.75, 3.05) is 0 Å². The number of hydrogen-bond donors (Lipinski definition) is 3. The third-order valence-electron chi connectivity index (χ3n) is 2.31. The van der Waals surface area contributed by atoms with Gasteiger partial charge in [-0.1, -0.05) is 0 Å². The van der Waals surface area contributed by atoms with Crippen molar-refractivity contribution in [1.29, 1.82) is 0 Å². The number of fused-ring (bicyclic) bond motifs is 1. The van der Waals surface area contributed by atoms with Gasteiger partial charge in [0.2, 0.25) is 0 Å². The van der Waals surface area contributed by atoms with Gasteiger partial charge in [-0.25, -0.2) is 14.8 Å². The molecule has 0 fully saturated rings. The highest BCUT2D eigenvalue weighted by Gasteiger charge is 2.11. The van der Waals surface area contributed by atoms with E-state index in [9.17, 15) is 4.79 Å². The van der Waals surface area contributed by atoms with Gasteiger partial charge < -0.3 is 15.1 Å². The number of carboxylic acids is 1. The van der Waals surface area contributed by atoms with Gasteiger partial charge in [-0.3, -0.25) is 4.98 Å². The summed E-state index contributed by atoms with van der Waals surface area (Å²) in [7, 11) is 0. The Morgan fingerprint density at radius 3 is 2.82 bits per heavy atom. The van der Waals surface area contributed by atoms with Crippen LogP contribution in [0.3, 0.4) is 0 Å². The van der Waals surface area contributed by atoms with Crippen LogP contribution >= 0.6 is 0 Å². The Kier molecular flexibility index (Phi) is 1.91. The van der Waals surface area contributed by atoms with Crippen LogP contribution in [-0.4, -0.2) is 36.0 Å². The molecule has 3 N–H and O–H groups in total. The van der Waals surface area contributed by atoms with Crippen molar-refractivity contribution in [3.63, 3.8) is 0 Å². The van der Waals surface area contributed by atoms with Crippen molar-refractivity contribution in [3.8, 4) is 11.6 Å². The average molecular weight is 229 g/mol. The number of aromatic carboxylic acids is 1. The van der Waals surface area contributed by atoms with Crippen LogP contribution in [-0.2, 0) is 0 Å². The molecular formula is C10H7N5O2. The Hall–Kier alpha value is -2.70. The van der Waals surface area contributed by atoms with E-state index in [0.29, 0.717) is 11.6 Å². The van der Waals surface area contributed by atoms with E-state index in [0.717, 1.165) is 11.0 Å². The van der Waals surface area contributed by atoms with E-state index >= 15 is 0 Å². The second-order valence-electron chi connectivity index (χ2n) is 3.43. The molecule has 7 nitrogen and oxygen atoms in total. The largest absolute Gasteiger partial charge is 0.477 e. The molecule has 3 rings (SSSR count). The number of pyridine rings is 1. The molecule has 0 bridgehead atoms. The summed E-state index contributed by atoms with van der Waals surface area (Å²) in [6.45, 7) is 0. The number of aromatic amines is 2. The third kappa shape index (κ3) is 1.53. The van der Waals surface area contributed by atoms with E-state index in [4.69, 9.17) is 5.11 Å². The molecule has 0 radical (unpaired) electrons. The fourth-order valence-electron chi connectivity index (χ4n) is 1.52. The molecule has 0 aliphatic rings. The van der Waals surface area contributed by atoms with Crippen LogP contribution in [0.1, 0.15) is 10.5 Å². The van der Waals surface area contributed by atoms with Gasteiger partial charge in [-0.2, -0.15) is 0 Å². The minimum Gasteiger partial charge on any atom is -0.477 e. The number of nitrogens with one attached hydrogen (secondary N) is 2. The highest BCUT2D eigenvalue weighted by molar-refractivity contribution is 5.86. The number of carbonyl (C=O) groups is 1. The number of aromatic nitrogens is 5. The lowest BCUT2D eigenvalue weighted by Gasteiger charge is -1.88. The van der Waals surface area contributed by atoms with Crippen molar-refractivity contribution in [1.82, 2.24) is 24.9 Å². The summed E-state index contributed by atoms with van der Waals surface area (Å²) in [6, 6.07) is 1.76. The van der Waals surface area contributed by atoms with E-state index in [1.807, 2.05) is 0 Å². The topological polar surface area (TPSA) is 108 Å². The molecule has 0 amide bonds. The van der Waals surface area contributed by atoms with E-state index < -0.39 is 5.97 Å². The van der Waals surface area contributed by atoms with Gasteiger partial charge >= 0.3 is 5.97 Å². The van der Waals surface area contributed by atoms with E-state index in [2.05, 4.69) is 24.9 Å². The first-order chi connectivity index (χ1) is 8.24. The first kappa shape index (κ1) is 9.52. The number of carboxylic acid groups (broad SMARTS) is 1. The average Bonchev–Trinajstić information content (AvgIpc) is 2.95. The molecule has 17 heavy (non-hydrogen) atoms. The zero-order valence-corrected chi connectivity index (χ0v) is 8.51. The number of hydrogen-bond acceptors (Lipinski definition) is 4. The van der Waals surface area contributed by atoms with Gasteiger partial charge in [-0.05, 0) is 6.07 Å². The fraction of sp³-hybridized carbons (Fsp3) is 0. The maximum atomic E-state index is 10.7. The number of H-pyrrole nitrogens is 2. The predicted molar refractivity (Wildman–Crippen MR) is 58.4 cm³/mol. The molecule has 0 spiro atoms. The van der Waals surface area contributed by atoms with Gasteiger partial charge in [0, 0.05) is 6.20 Å². The summed E-state index contributed by atoms with van der Waals surface area (Å²) in [5.74, 6) is -0.180. The molecule has 0 saturated heterocycles. The molecule has 0 atom stereocenters. The van der Waals surface area contributed by atoms with Crippen LogP contribution in [0.2, 0.25) is 0 Å². The van der Waals surface area contributed by atoms with Crippen molar-refractivity contribution in [2.45, 2.75) is 0 Å². The molecule has 3 heterocycles. The minimum absolute atomic E-state index is 0.0265.